The van der Waals surface area contributed by atoms with Crippen LogP contribution < -0.4 is 10.6 Å². The molecule has 1 heterocycles. The van der Waals surface area contributed by atoms with Crippen molar-refractivity contribution in [1.82, 2.24) is 15.3 Å². The molecule has 0 saturated carbocycles. The zero-order valence-corrected chi connectivity index (χ0v) is 14.5. The molecule has 122 valence electrons. The summed E-state index contributed by atoms with van der Waals surface area (Å²) in [6.07, 6.45) is 0. The highest BCUT2D eigenvalue weighted by Gasteiger charge is 2.11. The standard InChI is InChI=1S/C17H21ClN4O/c1-10(2)9-19-17(23)15-8-16(21-12(4)20-15)22-13-6-5-11(3)14(18)7-13/h5-8,10H,9H2,1-4H3,(H,19,23)(H,20,21,22). The first-order valence-corrected chi connectivity index (χ1v) is 7.90. The Bertz CT molecular complexity index is 716. The Hall–Kier alpha value is -2.14. The van der Waals surface area contributed by atoms with Gasteiger partial charge in [-0.2, -0.15) is 0 Å². The fourth-order valence-electron chi connectivity index (χ4n) is 1.95. The van der Waals surface area contributed by atoms with Crippen LogP contribution in [0.5, 0.6) is 0 Å². The van der Waals surface area contributed by atoms with Crippen molar-refractivity contribution in [1.29, 1.82) is 0 Å². The summed E-state index contributed by atoms with van der Waals surface area (Å²) in [4.78, 5) is 20.7. The van der Waals surface area contributed by atoms with Crippen LogP contribution in [0.15, 0.2) is 24.3 Å². The van der Waals surface area contributed by atoms with Crippen LogP contribution in [0.3, 0.4) is 0 Å². The number of rotatable bonds is 5. The molecule has 0 unspecified atom stereocenters. The van der Waals surface area contributed by atoms with E-state index in [-0.39, 0.29) is 5.91 Å². The van der Waals surface area contributed by atoms with Crippen LogP contribution in [0.2, 0.25) is 5.02 Å². The van der Waals surface area contributed by atoms with Crippen LogP contribution in [-0.2, 0) is 0 Å². The Balaban J connectivity index is 2.19. The van der Waals surface area contributed by atoms with Gasteiger partial charge in [-0.25, -0.2) is 9.97 Å². The van der Waals surface area contributed by atoms with Crippen molar-refractivity contribution in [3.05, 3.63) is 46.4 Å². The highest BCUT2D eigenvalue weighted by Crippen LogP contribution is 2.22. The van der Waals surface area contributed by atoms with Gasteiger partial charge in [0, 0.05) is 23.3 Å². The van der Waals surface area contributed by atoms with Gasteiger partial charge in [0.05, 0.1) is 0 Å². The third-order valence-electron chi connectivity index (χ3n) is 3.19. The van der Waals surface area contributed by atoms with Gasteiger partial charge in [0.25, 0.3) is 5.91 Å². The zero-order valence-electron chi connectivity index (χ0n) is 13.8. The molecule has 0 atom stereocenters. The largest absolute Gasteiger partial charge is 0.350 e. The lowest BCUT2D eigenvalue weighted by atomic mass is 10.2. The van der Waals surface area contributed by atoms with Gasteiger partial charge in [0.1, 0.15) is 17.3 Å². The number of aromatic nitrogens is 2. The van der Waals surface area contributed by atoms with E-state index in [9.17, 15) is 4.79 Å². The van der Waals surface area contributed by atoms with Crippen molar-refractivity contribution >= 4 is 29.0 Å². The Morgan fingerprint density at radius 2 is 1.96 bits per heavy atom. The summed E-state index contributed by atoms with van der Waals surface area (Å²) in [6, 6.07) is 7.30. The van der Waals surface area contributed by atoms with Crippen molar-refractivity contribution in [2.24, 2.45) is 5.92 Å². The molecule has 1 amide bonds. The number of anilines is 2. The van der Waals surface area contributed by atoms with E-state index in [0.29, 0.717) is 34.8 Å². The minimum atomic E-state index is -0.200. The van der Waals surface area contributed by atoms with Crippen LogP contribution in [0, 0.1) is 19.8 Å². The Morgan fingerprint density at radius 1 is 1.22 bits per heavy atom. The summed E-state index contributed by atoms with van der Waals surface area (Å²) in [7, 11) is 0. The van der Waals surface area contributed by atoms with Gasteiger partial charge >= 0.3 is 0 Å². The molecule has 6 heteroatoms. The molecule has 0 aliphatic rings. The van der Waals surface area contributed by atoms with Crippen molar-refractivity contribution in [2.75, 3.05) is 11.9 Å². The maximum atomic E-state index is 12.2. The second kappa shape index (κ2) is 7.42. The molecule has 2 N–H and O–H groups in total. The second-order valence-corrected chi connectivity index (χ2v) is 6.29. The molecular weight excluding hydrogens is 312 g/mol. The molecular formula is C17H21ClN4O. The molecule has 0 saturated heterocycles. The van der Waals surface area contributed by atoms with Crippen LogP contribution in [0.4, 0.5) is 11.5 Å². The third kappa shape index (κ3) is 4.93. The first-order chi connectivity index (χ1) is 10.8. The van der Waals surface area contributed by atoms with E-state index in [1.807, 2.05) is 39.0 Å². The van der Waals surface area contributed by atoms with Gasteiger partial charge in [-0.05, 0) is 37.5 Å². The Kier molecular flexibility index (Phi) is 5.55. The molecule has 1 aromatic carbocycles. The molecule has 5 nitrogen and oxygen atoms in total. The van der Waals surface area contributed by atoms with Crippen LogP contribution >= 0.6 is 11.6 Å². The second-order valence-electron chi connectivity index (χ2n) is 5.88. The number of hydrogen-bond donors (Lipinski definition) is 2. The monoisotopic (exact) mass is 332 g/mol. The normalized spacial score (nSPS) is 10.7. The van der Waals surface area contributed by atoms with Crippen LogP contribution in [-0.4, -0.2) is 22.4 Å². The topological polar surface area (TPSA) is 66.9 Å². The SMILES string of the molecule is Cc1nc(Nc2ccc(C)c(Cl)c2)cc(C(=O)NCC(C)C)n1. The predicted molar refractivity (Wildman–Crippen MR) is 93.4 cm³/mol. The quantitative estimate of drug-likeness (QED) is 0.872. The highest BCUT2D eigenvalue weighted by atomic mass is 35.5. The molecule has 0 radical (unpaired) electrons. The first-order valence-electron chi connectivity index (χ1n) is 7.52. The van der Waals surface area contributed by atoms with Crippen molar-refractivity contribution < 1.29 is 4.79 Å². The number of amides is 1. The van der Waals surface area contributed by atoms with Crippen molar-refractivity contribution in [3.8, 4) is 0 Å². The van der Waals surface area contributed by atoms with E-state index in [4.69, 9.17) is 11.6 Å². The molecule has 23 heavy (non-hydrogen) atoms. The molecule has 1 aromatic heterocycles. The lowest BCUT2D eigenvalue weighted by Crippen LogP contribution is -2.28. The zero-order chi connectivity index (χ0) is 17.0. The Labute approximate surface area is 141 Å². The molecule has 0 bridgehead atoms. The molecule has 0 spiro atoms. The van der Waals surface area contributed by atoms with Crippen LogP contribution in [0.1, 0.15) is 35.7 Å². The summed E-state index contributed by atoms with van der Waals surface area (Å²) in [6.45, 7) is 8.39. The average molecular weight is 333 g/mol. The predicted octanol–water partition coefficient (Wildman–Crippen LogP) is 3.88. The Morgan fingerprint density at radius 3 is 2.61 bits per heavy atom. The van der Waals surface area contributed by atoms with Gasteiger partial charge in [0.15, 0.2) is 0 Å². The lowest BCUT2D eigenvalue weighted by Gasteiger charge is -2.11. The molecule has 0 aliphatic carbocycles. The van der Waals surface area contributed by atoms with Gasteiger partial charge < -0.3 is 10.6 Å². The number of carbonyl (C=O) groups is 1. The molecule has 2 aromatic rings. The van der Waals surface area contributed by atoms with E-state index in [1.54, 1.807) is 13.0 Å². The number of nitrogens with zero attached hydrogens (tertiary/aromatic N) is 2. The summed E-state index contributed by atoms with van der Waals surface area (Å²) in [5, 5.41) is 6.69. The number of halogens is 1. The van der Waals surface area contributed by atoms with Crippen molar-refractivity contribution in [3.63, 3.8) is 0 Å². The first kappa shape index (κ1) is 17.2. The highest BCUT2D eigenvalue weighted by molar-refractivity contribution is 6.31. The lowest BCUT2D eigenvalue weighted by molar-refractivity contribution is 0.0943. The summed E-state index contributed by atoms with van der Waals surface area (Å²) < 4.78 is 0. The molecule has 2 rings (SSSR count). The van der Waals surface area contributed by atoms with Crippen molar-refractivity contribution in [2.45, 2.75) is 27.7 Å². The maximum absolute atomic E-state index is 12.2. The average Bonchev–Trinajstić information content (AvgIpc) is 2.48. The smallest absolute Gasteiger partial charge is 0.270 e. The van der Waals surface area contributed by atoms with E-state index < -0.39 is 0 Å². The van der Waals surface area contributed by atoms with Gasteiger partial charge in [-0.3, -0.25) is 4.79 Å². The molecule has 0 fully saturated rings. The van der Waals surface area contributed by atoms with E-state index in [0.717, 1.165) is 11.3 Å². The number of nitrogens with one attached hydrogen (secondary N) is 2. The number of benzene rings is 1. The summed E-state index contributed by atoms with van der Waals surface area (Å²) in [5.41, 5.74) is 2.16. The molecule has 0 aliphatic heterocycles. The maximum Gasteiger partial charge on any atom is 0.270 e. The number of hydrogen-bond acceptors (Lipinski definition) is 4. The number of carbonyl (C=O) groups excluding carboxylic acids is 1. The van der Waals surface area contributed by atoms with E-state index >= 15 is 0 Å². The summed E-state index contributed by atoms with van der Waals surface area (Å²) >= 11 is 6.13. The minimum Gasteiger partial charge on any atom is -0.350 e. The van der Waals surface area contributed by atoms with E-state index in [2.05, 4.69) is 20.6 Å². The fraction of sp³-hybridized carbons (Fsp3) is 0.353. The van der Waals surface area contributed by atoms with E-state index in [1.165, 1.54) is 0 Å². The number of aryl methyl sites for hydroxylation is 2. The minimum absolute atomic E-state index is 0.200. The van der Waals surface area contributed by atoms with Gasteiger partial charge in [-0.1, -0.05) is 31.5 Å². The van der Waals surface area contributed by atoms with Gasteiger partial charge in [0.2, 0.25) is 0 Å². The summed E-state index contributed by atoms with van der Waals surface area (Å²) in [5.74, 6) is 1.28. The van der Waals surface area contributed by atoms with Gasteiger partial charge in [-0.15, -0.1) is 0 Å². The fourth-order valence-corrected chi connectivity index (χ4v) is 2.13. The van der Waals surface area contributed by atoms with Crippen LogP contribution in [0.25, 0.3) is 0 Å². The third-order valence-corrected chi connectivity index (χ3v) is 3.59.